The maximum Gasteiger partial charge on any atom is 0.229 e. The summed E-state index contributed by atoms with van der Waals surface area (Å²) in [5, 5.41) is 2.69. The Labute approximate surface area is 138 Å². The summed E-state index contributed by atoms with van der Waals surface area (Å²) in [4.78, 5) is 26.1. The van der Waals surface area contributed by atoms with Crippen LogP contribution >= 0.6 is 11.6 Å². The summed E-state index contributed by atoms with van der Waals surface area (Å²) in [5.41, 5.74) is 0.483. The van der Waals surface area contributed by atoms with Gasteiger partial charge >= 0.3 is 0 Å². The highest BCUT2D eigenvalue weighted by Crippen LogP contribution is 2.13. The fourth-order valence-corrected chi connectivity index (χ4v) is 1.96. The summed E-state index contributed by atoms with van der Waals surface area (Å²) < 4.78 is 10.3. The van der Waals surface area contributed by atoms with Crippen molar-refractivity contribution in [2.24, 2.45) is 0 Å². The van der Waals surface area contributed by atoms with E-state index in [2.05, 4.69) is 10.3 Å². The second kappa shape index (κ2) is 8.36. The van der Waals surface area contributed by atoms with Crippen LogP contribution in [0.5, 0.6) is 5.75 Å². The molecule has 1 aromatic carbocycles. The van der Waals surface area contributed by atoms with Crippen molar-refractivity contribution < 1.29 is 14.3 Å². The lowest BCUT2D eigenvalue weighted by Gasteiger charge is -2.07. The number of aromatic nitrogens is 1. The minimum absolute atomic E-state index is 0.0760. The number of hydrogen-bond donors (Lipinski definition) is 2. The first-order valence-corrected chi connectivity index (χ1v) is 7.35. The van der Waals surface area contributed by atoms with Crippen LogP contribution in [0.2, 0.25) is 5.02 Å². The summed E-state index contributed by atoms with van der Waals surface area (Å²) in [5.74, 6) is 0.785. The fourth-order valence-electron chi connectivity index (χ4n) is 1.85. The third kappa shape index (κ3) is 5.43. The predicted octanol–water partition coefficient (Wildman–Crippen LogP) is 2.23. The van der Waals surface area contributed by atoms with E-state index in [1.165, 1.54) is 12.3 Å². The van der Waals surface area contributed by atoms with Crippen LogP contribution in [-0.4, -0.2) is 31.2 Å². The minimum Gasteiger partial charge on any atom is -0.491 e. The minimum atomic E-state index is -0.349. The van der Waals surface area contributed by atoms with Gasteiger partial charge in [-0.2, -0.15) is 0 Å². The molecule has 2 rings (SSSR count). The van der Waals surface area contributed by atoms with Crippen molar-refractivity contribution in [3.8, 4) is 5.75 Å². The van der Waals surface area contributed by atoms with Gasteiger partial charge in [0.25, 0.3) is 0 Å². The highest BCUT2D eigenvalue weighted by Gasteiger charge is 2.06. The number of hydrogen-bond acceptors (Lipinski definition) is 4. The Hall–Kier alpha value is -2.31. The lowest BCUT2D eigenvalue weighted by molar-refractivity contribution is -0.115. The first-order chi connectivity index (χ1) is 11.1. The van der Waals surface area contributed by atoms with Crippen LogP contribution in [0.25, 0.3) is 0 Å². The van der Waals surface area contributed by atoms with Crippen molar-refractivity contribution in [2.45, 2.75) is 6.42 Å². The Bertz CT molecular complexity index is 713. The number of anilines is 1. The van der Waals surface area contributed by atoms with Gasteiger partial charge in [-0.05, 0) is 17.7 Å². The smallest absolute Gasteiger partial charge is 0.229 e. The summed E-state index contributed by atoms with van der Waals surface area (Å²) >= 11 is 5.63. The molecule has 1 aromatic heterocycles. The molecule has 0 aliphatic carbocycles. The number of H-pyrrole nitrogens is 1. The van der Waals surface area contributed by atoms with E-state index in [-0.39, 0.29) is 22.8 Å². The topological polar surface area (TPSA) is 80.4 Å². The van der Waals surface area contributed by atoms with Crippen LogP contribution in [0.4, 0.5) is 5.82 Å². The second-order valence-electron chi connectivity index (χ2n) is 4.77. The zero-order valence-corrected chi connectivity index (χ0v) is 13.4. The van der Waals surface area contributed by atoms with Crippen molar-refractivity contribution in [2.75, 3.05) is 25.6 Å². The molecule has 0 unspecified atom stereocenters. The average Bonchev–Trinajstić information content (AvgIpc) is 2.53. The van der Waals surface area contributed by atoms with Crippen LogP contribution in [0.3, 0.4) is 0 Å². The normalized spacial score (nSPS) is 10.3. The van der Waals surface area contributed by atoms with E-state index in [0.717, 1.165) is 5.56 Å². The number of methoxy groups -OCH3 is 1. The van der Waals surface area contributed by atoms with Gasteiger partial charge in [0.2, 0.25) is 11.3 Å². The number of ether oxygens (including phenoxy) is 2. The molecular weight excluding hydrogens is 320 g/mol. The molecule has 0 radical (unpaired) electrons. The summed E-state index contributed by atoms with van der Waals surface area (Å²) in [6.07, 6.45) is 1.52. The molecule has 1 heterocycles. The maximum atomic E-state index is 12.0. The molecule has 2 aromatic rings. The Kier molecular flexibility index (Phi) is 6.19. The van der Waals surface area contributed by atoms with E-state index in [0.29, 0.717) is 24.8 Å². The zero-order chi connectivity index (χ0) is 16.7. The molecule has 0 bridgehead atoms. The van der Waals surface area contributed by atoms with E-state index >= 15 is 0 Å². The lowest BCUT2D eigenvalue weighted by Crippen LogP contribution is -2.17. The number of pyridine rings is 1. The van der Waals surface area contributed by atoms with Crippen molar-refractivity contribution >= 4 is 23.3 Å². The standard InChI is InChI=1S/C16H17ClN2O4/c1-22-6-7-23-12-4-2-11(3-5-12)8-16(21)19-15-9-14(20)13(17)10-18-15/h2-5,9-10H,6-8H2,1H3,(H2,18,19,20,21). The van der Waals surface area contributed by atoms with Gasteiger partial charge < -0.3 is 19.8 Å². The number of carbonyl (C=O) groups is 1. The van der Waals surface area contributed by atoms with Gasteiger partial charge in [-0.3, -0.25) is 9.59 Å². The molecule has 0 atom stereocenters. The molecule has 0 spiro atoms. The largest absolute Gasteiger partial charge is 0.491 e. The van der Waals surface area contributed by atoms with Crippen LogP contribution in [0.1, 0.15) is 5.56 Å². The van der Waals surface area contributed by atoms with Gasteiger partial charge in [0.1, 0.15) is 23.2 Å². The summed E-state index contributed by atoms with van der Waals surface area (Å²) in [6, 6.07) is 8.45. The van der Waals surface area contributed by atoms with Crippen molar-refractivity contribution in [1.29, 1.82) is 0 Å². The fraction of sp³-hybridized carbons (Fsp3) is 0.250. The van der Waals surface area contributed by atoms with Gasteiger partial charge in [0.15, 0.2) is 0 Å². The lowest BCUT2D eigenvalue weighted by atomic mass is 10.1. The van der Waals surface area contributed by atoms with Crippen molar-refractivity contribution in [1.82, 2.24) is 4.98 Å². The van der Waals surface area contributed by atoms with E-state index in [1.54, 1.807) is 19.2 Å². The highest BCUT2D eigenvalue weighted by atomic mass is 35.5. The van der Waals surface area contributed by atoms with E-state index in [1.807, 2.05) is 12.1 Å². The van der Waals surface area contributed by atoms with E-state index < -0.39 is 0 Å². The highest BCUT2D eigenvalue weighted by molar-refractivity contribution is 6.30. The zero-order valence-electron chi connectivity index (χ0n) is 12.6. The second-order valence-corrected chi connectivity index (χ2v) is 5.18. The quantitative estimate of drug-likeness (QED) is 0.760. The molecule has 0 saturated heterocycles. The van der Waals surface area contributed by atoms with Crippen LogP contribution < -0.4 is 15.5 Å². The van der Waals surface area contributed by atoms with Gasteiger partial charge in [-0.15, -0.1) is 0 Å². The molecule has 0 saturated carbocycles. The van der Waals surface area contributed by atoms with Crippen LogP contribution in [0, 0.1) is 0 Å². The van der Waals surface area contributed by atoms with Crippen LogP contribution in [-0.2, 0) is 16.0 Å². The molecular formula is C16H17ClN2O4. The molecule has 0 aliphatic rings. The Balaban J connectivity index is 1.89. The Morgan fingerprint density at radius 1 is 1.26 bits per heavy atom. The Morgan fingerprint density at radius 2 is 2.00 bits per heavy atom. The van der Waals surface area contributed by atoms with Gasteiger partial charge in [-0.25, -0.2) is 0 Å². The summed E-state index contributed by atoms with van der Waals surface area (Å²) in [7, 11) is 1.61. The SMILES string of the molecule is COCCOc1ccc(CC(=O)Nc2cc(=O)c(Cl)c[nH]2)cc1. The number of nitrogens with one attached hydrogen (secondary N) is 2. The van der Waals surface area contributed by atoms with Crippen molar-refractivity contribution in [3.05, 3.63) is 57.3 Å². The first-order valence-electron chi connectivity index (χ1n) is 6.97. The number of amides is 1. The number of halogens is 1. The number of benzene rings is 1. The number of carbonyl (C=O) groups excluding carboxylic acids is 1. The molecule has 1 amide bonds. The molecule has 2 N–H and O–H groups in total. The van der Waals surface area contributed by atoms with Gasteiger partial charge in [-0.1, -0.05) is 23.7 Å². The van der Waals surface area contributed by atoms with E-state index in [4.69, 9.17) is 21.1 Å². The van der Waals surface area contributed by atoms with Gasteiger partial charge in [0, 0.05) is 19.4 Å². The van der Waals surface area contributed by atoms with Crippen LogP contribution in [0.15, 0.2) is 41.3 Å². The molecule has 6 nitrogen and oxygen atoms in total. The monoisotopic (exact) mass is 336 g/mol. The van der Waals surface area contributed by atoms with Gasteiger partial charge in [0.05, 0.1) is 13.0 Å². The number of aromatic amines is 1. The number of rotatable bonds is 7. The molecule has 7 heteroatoms. The van der Waals surface area contributed by atoms with Crippen molar-refractivity contribution in [3.63, 3.8) is 0 Å². The van der Waals surface area contributed by atoms with E-state index in [9.17, 15) is 9.59 Å². The Morgan fingerprint density at radius 3 is 2.65 bits per heavy atom. The third-order valence-electron chi connectivity index (χ3n) is 2.98. The molecule has 0 fully saturated rings. The molecule has 23 heavy (non-hydrogen) atoms. The summed E-state index contributed by atoms with van der Waals surface area (Å²) in [6.45, 7) is 0.990. The molecule has 122 valence electrons. The average molecular weight is 337 g/mol. The maximum absolute atomic E-state index is 12.0. The third-order valence-corrected chi connectivity index (χ3v) is 3.28. The first kappa shape index (κ1) is 17.1. The molecule has 0 aliphatic heterocycles. The predicted molar refractivity (Wildman–Crippen MR) is 88.2 cm³/mol.